The van der Waals surface area contributed by atoms with Crippen molar-refractivity contribution in [2.75, 3.05) is 0 Å². The van der Waals surface area contributed by atoms with Gasteiger partial charge in [-0.05, 0) is 28.3 Å². The average molecular weight is 249 g/mol. The van der Waals surface area contributed by atoms with Crippen LogP contribution in [-0.4, -0.2) is 0 Å². The zero-order valence-corrected chi connectivity index (χ0v) is 11.8. The summed E-state index contributed by atoms with van der Waals surface area (Å²) in [4.78, 5) is 0. The molecule has 0 N–H and O–H groups in total. The normalized spacial score (nSPS) is 14.3. The largest absolute Gasteiger partial charge is 0.0654 e. The zero-order chi connectivity index (χ0) is 14.1. The zero-order valence-electron chi connectivity index (χ0n) is 11.8. The fraction of sp³-hybridized carbons (Fsp3) is 0.105. The van der Waals surface area contributed by atoms with Crippen LogP contribution in [0.2, 0.25) is 0 Å². The van der Waals surface area contributed by atoms with Crippen LogP contribution in [0.3, 0.4) is 0 Å². The van der Waals surface area contributed by atoms with E-state index in [-0.39, 0.29) is 0 Å². The fourth-order valence-electron chi connectivity index (χ4n) is 1.95. The van der Waals surface area contributed by atoms with Crippen LogP contribution in [0.4, 0.5) is 0 Å². The van der Waals surface area contributed by atoms with Crippen LogP contribution in [0, 0.1) is 20.3 Å². The SMILES string of the molecule is [CH2]C.[CH2]C.[CH]1C2=CC=CC=CC2=Cc2ccccc21. The molecule has 0 aliphatic heterocycles. The molecule has 0 nitrogen and oxygen atoms in total. The van der Waals surface area contributed by atoms with Gasteiger partial charge in [0.2, 0.25) is 0 Å². The van der Waals surface area contributed by atoms with E-state index in [2.05, 4.69) is 81.0 Å². The molecule has 97 valence electrons. The summed E-state index contributed by atoms with van der Waals surface area (Å²) in [6.45, 7) is 10.0. The number of rotatable bonds is 0. The highest BCUT2D eigenvalue weighted by Crippen LogP contribution is 2.31. The number of allylic oxidation sites excluding steroid dienone is 7. The van der Waals surface area contributed by atoms with Gasteiger partial charge in [0.25, 0.3) is 0 Å². The highest BCUT2D eigenvalue weighted by molar-refractivity contribution is 5.74. The van der Waals surface area contributed by atoms with Crippen LogP contribution in [0.15, 0.2) is 65.8 Å². The van der Waals surface area contributed by atoms with Gasteiger partial charge in [0, 0.05) is 6.42 Å². The Labute approximate surface area is 117 Å². The maximum absolute atomic E-state index is 3.25. The third-order valence-corrected chi connectivity index (χ3v) is 2.73. The van der Waals surface area contributed by atoms with Crippen molar-refractivity contribution >= 4 is 6.08 Å². The second-order valence-corrected chi connectivity index (χ2v) is 3.74. The molecule has 0 saturated carbocycles. The minimum absolute atomic E-state index is 1.29. The van der Waals surface area contributed by atoms with E-state index in [1.165, 1.54) is 22.3 Å². The molecule has 1 aromatic carbocycles. The number of hydrogen-bond donors (Lipinski definition) is 0. The first-order chi connectivity index (χ1) is 9.43. The monoisotopic (exact) mass is 249 g/mol. The van der Waals surface area contributed by atoms with Gasteiger partial charge in [-0.15, -0.1) is 0 Å². The Balaban J connectivity index is 0.000000415. The van der Waals surface area contributed by atoms with Crippen molar-refractivity contribution in [2.45, 2.75) is 13.8 Å². The van der Waals surface area contributed by atoms with E-state index in [1.54, 1.807) is 13.8 Å². The van der Waals surface area contributed by atoms with E-state index in [0.717, 1.165) is 0 Å². The highest BCUT2D eigenvalue weighted by Gasteiger charge is 2.13. The van der Waals surface area contributed by atoms with Crippen molar-refractivity contribution in [3.63, 3.8) is 0 Å². The third-order valence-electron chi connectivity index (χ3n) is 2.73. The molecule has 0 unspecified atom stereocenters. The van der Waals surface area contributed by atoms with Crippen molar-refractivity contribution in [1.29, 1.82) is 0 Å². The Morgan fingerprint density at radius 1 is 0.737 bits per heavy atom. The average Bonchev–Trinajstić information content (AvgIpc) is 2.74. The third kappa shape index (κ3) is 3.82. The highest BCUT2D eigenvalue weighted by atomic mass is 14.2. The topological polar surface area (TPSA) is 0 Å². The Hall–Kier alpha value is -1.82. The molecule has 1 aromatic rings. The Morgan fingerprint density at radius 2 is 1.42 bits per heavy atom. The van der Waals surface area contributed by atoms with Gasteiger partial charge in [-0.25, -0.2) is 0 Å². The van der Waals surface area contributed by atoms with Gasteiger partial charge in [-0.2, -0.15) is 0 Å². The first kappa shape index (κ1) is 15.2. The summed E-state index contributed by atoms with van der Waals surface area (Å²) in [6, 6.07) is 8.47. The first-order valence-electron chi connectivity index (χ1n) is 6.56. The Kier molecular flexibility index (Phi) is 6.67. The Morgan fingerprint density at radius 3 is 2.16 bits per heavy atom. The van der Waals surface area contributed by atoms with Crippen LogP contribution in [-0.2, 0) is 0 Å². The molecule has 3 radical (unpaired) electrons. The molecule has 0 heteroatoms. The smallest absolute Gasteiger partial charge is 0.0211 e. The first-order valence-corrected chi connectivity index (χ1v) is 6.56. The minimum Gasteiger partial charge on any atom is -0.0654 e. The van der Waals surface area contributed by atoms with Gasteiger partial charge in [-0.3, -0.25) is 0 Å². The van der Waals surface area contributed by atoms with Crippen LogP contribution in [0.25, 0.3) is 6.08 Å². The maximum Gasteiger partial charge on any atom is 0.0211 e. The van der Waals surface area contributed by atoms with E-state index in [1.807, 2.05) is 0 Å². The second-order valence-electron chi connectivity index (χ2n) is 3.74. The molecule has 0 fully saturated rings. The summed E-state index contributed by atoms with van der Waals surface area (Å²) >= 11 is 0. The van der Waals surface area contributed by atoms with Gasteiger partial charge in [-0.1, -0.05) is 82.3 Å². The van der Waals surface area contributed by atoms with Crippen molar-refractivity contribution < 1.29 is 0 Å². The summed E-state index contributed by atoms with van der Waals surface area (Å²) in [7, 11) is 0. The molecular formula is C19H21. The molecule has 0 bridgehead atoms. The fourth-order valence-corrected chi connectivity index (χ4v) is 1.95. The number of benzene rings is 1. The van der Waals surface area contributed by atoms with Crippen molar-refractivity contribution in [3.8, 4) is 0 Å². The predicted octanol–water partition coefficient (Wildman–Crippen LogP) is 5.37. The summed E-state index contributed by atoms with van der Waals surface area (Å²) in [6.07, 6.45) is 15.0. The van der Waals surface area contributed by atoms with Crippen molar-refractivity contribution in [3.05, 3.63) is 97.2 Å². The lowest BCUT2D eigenvalue weighted by Crippen LogP contribution is -1.98. The van der Waals surface area contributed by atoms with Gasteiger partial charge < -0.3 is 0 Å². The minimum atomic E-state index is 1.29. The van der Waals surface area contributed by atoms with Crippen LogP contribution >= 0.6 is 0 Å². The van der Waals surface area contributed by atoms with Crippen molar-refractivity contribution in [2.24, 2.45) is 0 Å². The van der Waals surface area contributed by atoms with Crippen LogP contribution in [0.1, 0.15) is 25.0 Å². The van der Waals surface area contributed by atoms with Gasteiger partial charge in [0.15, 0.2) is 0 Å². The molecule has 2 aliphatic carbocycles. The standard InChI is InChI=1S/C15H11.2C2H5/c1-2-6-12-10-14-8-4-5-9-15(14)11-13(12)7-3-1;2*1-2/h1-11H;2*1H2,2H3. The molecule has 0 aromatic heterocycles. The van der Waals surface area contributed by atoms with E-state index < -0.39 is 0 Å². The molecule has 3 rings (SSSR count). The van der Waals surface area contributed by atoms with Gasteiger partial charge in [0.05, 0.1) is 0 Å². The van der Waals surface area contributed by atoms with E-state index in [4.69, 9.17) is 0 Å². The van der Waals surface area contributed by atoms with E-state index in [9.17, 15) is 0 Å². The summed E-state index contributed by atoms with van der Waals surface area (Å²) in [5.74, 6) is 0. The predicted molar refractivity (Wildman–Crippen MR) is 86.2 cm³/mol. The molecular weight excluding hydrogens is 228 g/mol. The quantitative estimate of drug-likeness (QED) is 0.580. The molecule has 0 amide bonds. The van der Waals surface area contributed by atoms with Gasteiger partial charge >= 0.3 is 0 Å². The molecule has 0 heterocycles. The van der Waals surface area contributed by atoms with Crippen molar-refractivity contribution in [1.82, 2.24) is 0 Å². The molecule has 0 spiro atoms. The number of fused-ring (bicyclic) bond motifs is 2. The summed E-state index contributed by atoms with van der Waals surface area (Å²) in [5.41, 5.74) is 5.18. The number of hydrogen-bond acceptors (Lipinski definition) is 0. The maximum atomic E-state index is 3.25. The Bertz CT molecular complexity index is 511. The lowest BCUT2D eigenvalue weighted by atomic mass is 9.88. The molecule has 0 atom stereocenters. The lowest BCUT2D eigenvalue weighted by molar-refractivity contribution is 1.36. The lowest BCUT2D eigenvalue weighted by Gasteiger charge is -2.16. The van der Waals surface area contributed by atoms with Gasteiger partial charge in [0.1, 0.15) is 0 Å². The summed E-state index contributed by atoms with van der Waals surface area (Å²) < 4.78 is 0. The van der Waals surface area contributed by atoms with E-state index >= 15 is 0 Å². The van der Waals surface area contributed by atoms with E-state index in [0.29, 0.717) is 0 Å². The summed E-state index contributed by atoms with van der Waals surface area (Å²) in [5, 5.41) is 0. The van der Waals surface area contributed by atoms with Crippen LogP contribution in [0.5, 0.6) is 0 Å². The molecule has 19 heavy (non-hydrogen) atoms. The van der Waals surface area contributed by atoms with Crippen LogP contribution < -0.4 is 0 Å². The second kappa shape index (κ2) is 8.31. The molecule has 0 saturated heterocycles. The molecule has 2 aliphatic rings.